The summed E-state index contributed by atoms with van der Waals surface area (Å²) in [5, 5.41) is 0.932. The Morgan fingerprint density at radius 1 is 1.32 bits per heavy atom. The third kappa shape index (κ3) is 2.39. The Hall–Kier alpha value is -1.24. The first kappa shape index (κ1) is 14.4. The molecule has 0 aliphatic carbocycles. The van der Waals surface area contributed by atoms with Gasteiger partial charge in [0.05, 0.1) is 28.7 Å². The molecule has 3 heterocycles. The summed E-state index contributed by atoms with van der Waals surface area (Å²) < 4.78 is 20.1. The van der Waals surface area contributed by atoms with Gasteiger partial charge in [0.25, 0.3) is 0 Å². The zero-order valence-electron chi connectivity index (χ0n) is 12.3. The van der Waals surface area contributed by atoms with E-state index in [4.69, 9.17) is 4.74 Å². The number of fused-ring (bicyclic) bond motifs is 2. The van der Waals surface area contributed by atoms with Crippen molar-refractivity contribution < 1.29 is 9.13 Å². The standard InChI is InChI=1S/C16H17BrFN3O/c1-20-4-5-22-15-9-21(8-14(15)20)16-3-2-10-6-11(17)12(18)7-13(10)19-16/h2-3,6-7,14-15H,4-5,8-9H2,1H3. The fourth-order valence-electron chi connectivity index (χ4n) is 3.33. The largest absolute Gasteiger partial charge is 0.373 e. The molecular formula is C16H17BrFN3O. The fraction of sp³-hybridized carbons (Fsp3) is 0.438. The van der Waals surface area contributed by atoms with Gasteiger partial charge in [0.1, 0.15) is 11.6 Å². The minimum absolute atomic E-state index is 0.234. The number of halogens is 2. The molecule has 2 aromatic rings. The minimum atomic E-state index is -0.282. The molecule has 2 fully saturated rings. The van der Waals surface area contributed by atoms with E-state index < -0.39 is 0 Å². The van der Waals surface area contributed by atoms with Crippen molar-refractivity contribution in [3.63, 3.8) is 0 Å². The summed E-state index contributed by atoms with van der Waals surface area (Å²) >= 11 is 3.21. The van der Waals surface area contributed by atoms with Crippen LogP contribution >= 0.6 is 15.9 Å². The monoisotopic (exact) mass is 365 g/mol. The van der Waals surface area contributed by atoms with E-state index >= 15 is 0 Å². The molecule has 0 amide bonds. The highest BCUT2D eigenvalue weighted by atomic mass is 79.9. The zero-order chi connectivity index (χ0) is 15.3. The van der Waals surface area contributed by atoms with E-state index in [0.29, 0.717) is 16.0 Å². The molecule has 4 rings (SSSR count). The van der Waals surface area contributed by atoms with Crippen molar-refractivity contribution in [3.05, 3.63) is 34.6 Å². The fourth-order valence-corrected chi connectivity index (χ4v) is 3.69. The molecule has 1 aromatic heterocycles. The van der Waals surface area contributed by atoms with Crippen LogP contribution in [0.5, 0.6) is 0 Å². The topological polar surface area (TPSA) is 28.6 Å². The van der Waals surface area contributed by atoms with E-state index in [1.807, 2.05) is 12.1 Å². The van der Waals surface area contributed by atoms with Gasteiger partial charge in [0.15, 0.2) is 0 Å². The van der Waals surface area contributed by atoms with Crippen molar-refractivity contribution in [2.24, 2.45) is 0 Å². The van der Waals surface area contributed by atoms with Crippen LogP contribution in [0.15, 0.2) is 28.7 Å². The molecule has 4 nitrogen and oxygen atoms in total. The van der Waals surface area contributed by atoms with Gasteiger partial charge in [-0.2, -0.15) is 0 Å². The summed E-state index contributed by atoms with van der Waals surface area (Å²) in [4.78, 5) is 9.22. The zero-order valence-corrected chi connectivity index (χ0v) is 13.9. The summed E-state index contributed by atoms with van der Waals surface area (Å²) in [6.45, 7) is 3.50. The number of hydrogen-bond acceptors (Lipinski definition) is 4. The Labute approximate surface area is 137 Å². The second kappa shape index (κ2) is 5.44. The highest BCUT2D eigenvalue weighted by Gasteiger charge is 2.39. The molecule has 22 heavy (non-hydrogen) atoms. The number of rotatable bonds is 1. The second-order valence-electron chi connectivity index (χ2n) is 5.99. The molecule has 2 aliphatic rings. The number of anilines is 1. The Morgan fingerprint density at radius 3 is 3.00 bits per heavy atom. The number of morpholine rings is 1. The lowest BCUT2D eigenvalue weighted by Gasteiger charge is -2.33. The molecule has 0 bridgehead atoms. The smallest absolute Gasteiger partial charge is 0.139 e. The predicted octanol–water partition coefficient (Wildman–Crippen LogP) is 2.66. The quantitative estimate of drug-likeness (QED) is 0.776. The molecular weight excluding hydrogens is 349 g/mol. The molecule has 0 radical (unpaired) electrons. The van der Waals surface area contributed by atoms with Crippen LogP contribution in [0.25, 0.3) is 10.9 Å². The minimum Gasteiger partial charge on any atom is -0.373 e. The Bertz CT molecular complexity index is 726. The molecule has 2 atom stereocenters. The molecule has 2 unspecified atom stereocenters. The molecule has 0 spiro atoms. The summed E-state index contributed by atoms with van der Waals surface area (Å²) in [6, 6.07) is 7.66. The first-order chi connectivity index (χ1) is 10.6. The van der Waals surface area contributed by atoms with Gasteiger partial charge in [-0.25, -0.2) is 9.37 Å². The van der Waals surface area contributed by atoms with Crippen molar-refractivity contribution in [1.29, 1.82) is 0 Å². The van der Waals surface area contributed by atoms with E-state index in [0.717, 1.165) is 37.4 Å². The van der Waals surface area contributed by atoms with E-state index in [-0.39, 0.29) is 11.9 Å². The average Bonchev–Trinajstić information content (AvgIpc) is 2.94. The Kier molecular flexibility index (Phi) is 3.55. The Balaban J connectivity index is 1.65. The number of nitrogens with zero attached hydrogens (tertiary/aromatic N) is 3. The molecule has 2 aliphatic heterocycles. The van der Waals surface area contributed by atoms with Gasteiger partial charge < -0.3 is 9.64 Å². The van der Waals surface area contributed by atoms with Crippen LogP contribution in [0.3, 0.4) is 0 Å². The van der Waals surface area contributed by atoms with Crippen LogP contribution in [0.2, 0.25) is 0 Å². The SMILES string of the molecule is CN1CCOC2CN(c3ccc4cc(Br)c(F)cc4n3)CC21. The Morgan fingerprint density at radius 2 is 2.18 bits per heavy atom. The summed E-state index contributed by atoms with van der Waals surface area (Å²) in [5.74, 6) is 0.607. The van der Waals surface area contributed by atoms with E-state index in [1.54, 1.807) is 6.07 Å². The van der Waals surface area contributed by atoms with Crippen LogP contribution < -0.4 is 4.90 Å². The predicted molar refractivity (Wildman–Crippen MR) is 87.8 cm³/mol. The highest BCUT2D eigenvalue weighted by molar-refractivity contribution is 9.10. The molecule has 0 saturated carbocycles. The van der Waals surface area contributed by atoms with Gasteiger partial charge in [-0.3, -0.25) is 4.90 Å². The number of aromatic nitrogens is 1. The van der Waals surface area contributed by atoms with Gasteiger partial charge in [0, 0.05) is 31.1 Å². The number of ether oxygens (including phenoxy) is 1. The van der Waals surface area contributed by atoms with Crippen molar-refractivity contribution in [2.75, 3.05) is 38.2 Å². The van der Waals surface area contributed by atoms with Crippen molar-refractivity contribution in [1.82, 2.24) is 9.88 Å². The first-order valence-corrected chi connectivity index (χ1v) is 8.24. The van der Waals surface area contributed by atoms with Gasteiger partial charge in [-0.1, -0.05) is 0 Å². The van der Waals surface area contributed by atoms with Crippen molar-refractivity contribution in [3.8, 4) is 0 Å². The first-order valence-electron chi connectivity index (χ1n) is 7.44. The summed E-state index contributed by atoms with van der Waals surface area (Å²) in [6.07, 6.45) is 0.234. The van der Waals surface area contributed by atoms with Crippen LogP contribution in [-0.4, -0.2) is 55.3 Å². The molecule has 6 heteroatoms. The third-order valence-corrected chi connectivity index (χ3v) is 5.23. The summed E-state index contributed by atoms with van der Waals surface area (Å²) in [5.41, 5.74) is 0.683. The molecule has 0 N–H and O–H groups in total. The number of likely N-dealkylation sites (N-methyl/N-ethyl adjacent to an activating group) is 1. The van der Waals surface area contributed by atoms with Crippen LogP contribution in [0, 0.1) is 5.82 Å². The third-order valence-electron chi connectivity index (χ3n) is 4.62. The maximum Gasteiger partial charge on any atom is 0.139 e. The number of hydrogen-bond donors (Lipinski definition) is 0. The highest BCUT2D eigenvalue weighted by Crippen LogP contribution is 2.28. The normalized spacial score (nSPS) is 25.7. The van der Waals surface area contributed by atoms with Gasteiger partial charge in [-0.05, 0) is 41.2 Å². The summed E-state index contributed by atoms with van der Waals surface area (Å²) in [7, 11) is 2.14. The lowest BCUT2D eigenvalue weighted by Crippen LogP contribution is -2.48. The maximum atomic E-state index is 13.7. The number of pyridine rings is 1. The van der Waals surface area contributed by atoms with E-state index in [2.05, 4.69) is 37.8 Å². The molecule has 2 saturated heterocycles. The van der Waals surface area contributed by atoms with Crippen LogP contribution in [0.4, 0.5) is 10.2 Å². The molecule has 116 valence electrons. The van der Waals surface area contributed by atoms with Crippen molar-refractivity contribution in [2.45, 2.75) is 12.1 Å². The second-order valence-corrected chi connectivity index (χ2v) is 6.84. The van der Waals surface area contributed by atoms with Crippen LogP contribution in [0.1, 0.15) is 0 Å². The van der Waals surface area contributed by atoms with E-state index in [1.165, 1.54) is 6.07 Å². The van der Waals surface area contributed by atoms with Crippen molar-refractivity contribution >= 4 is 32.7 Å². The number of benzene rings is 1. The lowest BCUT2D eigenvalue weighted by molar-refractivity contribution is -0.0362. The van der Waals surface area contributed by atoms with Gasteiger partial charge in [0.2, 0.25) is 0 Å². The lowest BCUT2D eigenvalue weighted by atomic mass is 10.1. The average molecular weight is 366 g/mol. The van der Waals surface area contributed by atoms with Gasteiger partial charge >= 0.3 is 0 Å². The van der Waals surface area contributed by atoms with Gasteiger partial charge in [-0.15, -0.1) is 0 Å². The molecule has 1 aromatic carbocycles. The maximum absolute atomic E-state index is 13.7. The van der Waals surface area contributed by atoms with Crippen LogP contribution in [-0.2, 0) is 4.74 Å². The van der Waals surface area contributed by atoms with E-state index in [9.17, 15) is 4.39 Å².